The van der Waals surface area contributed by atoms with Crippen molar-refractivity contribution in [1.82, 2.24) is 4.90 Å². The number of carbonyl (C=O) groups is 1. The summed E-state index contributed by atoms with van der Waals surface area (Å²) in [5.74, 6) is 0.135. The van der Waals surface area contributed by atoms with Gasteiger partial charge in [-0.05, 0) is 24.6 Å². The molecule has 92 valence electrons. The van der Waals surface area contributed by atoms with Crippen LogP contribution in [0, 0.1) is 0 Å². The molecule has 0 bridgehead atoms. The van der Waals surface area contributed by atoms with E-state index < -0.39 is 0 Å². The Morgan fingerprint density at radius 1 is 1.47 bits per heavy atom. The number of nitrogens with zero attached hydrogens (tertiary/aromatic N) is 2. The normalized spacial score (nSPS) is 19.5. The Hall–Kier alpha value is -1.03. The Kier molecular flexibility index (Phi) is 3.72. The van der Waals surface area contributed by atoms with Gasteiger partial charge >= 0.3 is 0 Å². The predicted molar refractivity (Wildman–Crippen MR) is 74.0 cm³/mol. The van der Waals surface area contributed by atoms with Gasteiger partial charge in [-0.1, -0.05) is 22.0 Å². The van der Waals surface area contributed by atoms with E-state index in [4.69, 9.17) is 0 Å². The lowest BCUT2D eigenvalue weighted by atomic mass is 10.1. The molecule has 0 spiro atoms. The molecule has 1 aromatic rings. The Balaban J connectivity index is 2.16. The summed E-state index contributed by atoms with van der Waals surface area (Å²) in [6.07, 6.45) is 1.04. The highest BCUT2D eigenvalue weighted by atomic mass is 79.9. The summed E-state index contributed by atoms with van der Waals surface area (Å²) >= 11 is 3.56. The third kappa shape index (κ3) is 2.80. The van der Waals surface area contributed by atoms with Gasteiger partial charge in [-0.2, -0.15) is 0 Å². The average Bonchev–Trinajstić information content (AvgIpc) is 2.75. The number of alkyl halides is 1. The molecular formula is C13H17BrN2O. The first-order valence-electron chi connectivity index (χ1n) is 5.78. The van der Waals surface area contributed by atoms with Crippen LogP contribution in [0.3, 0.4) is 0 Å². The molecule has 1 fully saturated rings. The molecule has 1 atom stereocenters. The van der Waals surface area contributed by atoms with Crippen molar-refractivity contribution in [3.63, 3.8) is 0 Å². The van der Waals surface area contributed by atoms with Crippen LogP contribution in [0.1, 0.15) is 16.8 Å². The maximum absolute atomic E-state index is 12.3. The predicted octanol–water partition coefficient (Wildman–Crippen LogP) is 2.36. The van der Waals surface area contributed by atoms with E-state index in [2.05, 4.69) is 15.9 Å². The zero-order chi connectivity index (χ0) is 12.4. The highest BCUT2D eigenvalue weighted by molar-refractivity contribution is 9.09. The maximum atomic E-state index is 12.3. The van der Waals surface area contributed by atoms with E-state index in [1.54, 1.807) is 0 Å². The highest BCUT2D eigenvalue weighted by Crippen LogP contribution is 2.20. The number of anilines is 1. The minimum Gasteiger partial charge on any atom is -0.378 e. The average molecular weight is 297 g/mol. The molecule has 0 aromatic heterocycles. The van der Waals surface area contributed by atoms with Gasteiger partial charge in [0.15, 0.2) is 0 Å². The number of likely N-dealkylation sites (tertiary alicyclic amines) is 1. The minimum atomic E-state index is 0.135. The Labute approximate surface area is 111 Å². The summed E-state index contributed by atoms with van der Waals surface area (Å²) in [5, 5.41) is 0. The molecular weight excluding hydrogens is 280 g/mol. The molecule has 0 N–H and O–H groups in total. The van der Waals surface area contributed by atoms with Crippen LogP contribution in [-0.4, -0.2) is 42.8 Å². The Morgan fingerprint density at radius 2 is 2.24 bits per heavy atom. The van der Waals surface area contributed by atoms with E-state index in [0.717, 1.165) is 30.8 Å². The topological polar surface area (TPSA) is 23.6 Å². The molecule has 1 heterocycles. The van der Waals surface area contributed by atoms with Gasteiger partial charge in [0.1, 0.15) is 0 Å². The van der Waals surface area contributed by atoms with E-state index in [0.29, 0.717) is 4.83 Å². The van der Waals surface area contributed by atoms with E-state index >= 15 is 0 Å². The van der Waals surface area contributed by atoms with Crippen LogP contribution in [-0.2, 0) is 0 Å². The molecule has 1 unspecified atom stereocenters. The first-order valence-corrected chi connectivity index (χ1v) is 6.70. The summed E-state index contributed by atoms with van der Waals surface area (Å²) in [5.41, 5.74) is 1.84. The van der Waals surface area contributed by atoms with Crippen LogP contribution in [0.5, 0.6) is 0 Å². The standard InChI is InChI=1S/C13H17BrN2O/c1-15(2)12-5-3-4-10(8-12)13(17)16-7-6-11(14)9-16/h3-5,8,11H,6-7,9H2,1-2H3. The second-order valence-electron chi connectivity index (χ2n) is 4.58. The fraction of sp³-hybridized carbons (Fsp3) is 0.462. The van der Waals surface area contributed by atoms with Gasteiger partial charge in [-0.3, -0.25) is 4.79 Å². The quantitative estimate of drug-likeness (QED) is 0.782. The smallest absolute Gasteiger partial charge is 0.253 e. The second kappa shape index (κ2) is 5.08. The fourth-order valence-corrected chi connectivity index (χ4v) is 2.56. The molecule has 0 aliphatic carbocycles. The third-order valence-electron chi connectivity index (χ3n) is 3.03. The number of halogens is 1. The van der Waals surface area contributed by atoms with Crippen LogP contribution in [0.25, 0.3) is 0 Å². The minimum absolute atomic E-state index is 0.135. The first-order chi connectivity index (χ1) is 8.08. The van der Waals surface area contributed by atoms with Crippen molar-refractivity contribution in [1.29, 1.82) is 0 Å². The van der Waals surface area contributed by atoms with Crippen molar-refractivity contribution in [2.24, 2.45) is 0 Å². The molecule has 0 radical (unpaired) electrons. The van der Waals surface area contributed by atoms with Crippen molar-refractivity contribution >= 4 is 27.5 Å². The molecule has 1 aliphatic rings. The van der Waals surface area contributed by atoms with E-state index in [9.17, 15) is 4.79 Å². The number of carbonyl (C=O) groups excluding carboxylic acids is 1. The van der Waals surface area contributed by atoms with Crippen molar-refractivity contribution < 1.29 is 4.79 Å². The number of rotatable bonds is 2. The van der Waals surface area contributed by atoms with Gasteiger partial charge in [0.2, 0.25) is 0 Å². The fourth-order valence-electron chi connectivity index (χ4n) is 2.00. The van der Waals surface area contributed by atoms with E-state index in [1.165, 1.54) is 0 Å². The Morgan fingerprint density at radius 3 is 2.82 bits per heavy atom. The van der Waals surface area contributed by atoms with Gasteiger partial charge in [0.25, 0.3) is 5.91 Å². The van der Waals surface area contributed by atoms with Gasteiger partial charge in [-0.15, -0.1) is 0 Å². The molecule has 17 heavy (non-hydrogen) atoms. The van der Waals surface area contributed by atoms with Crippen molar-refractivity contribution in [3.8, 4) is 0 Å². The zero-order valence-electron chi connectivity index (χ0n) is 10.2. The lowest BCUT2D eigenvalue weighted by Gasteiger charge is -2.18. The van der Waals surface area contributed by atoms with Crippen LogP contribution < -0.4 is 4.90 Å². The van der Waals surface area contributed by atoms with Crippen LogP contribution >= 0.6 is 15.9 Å². The lowest BCUT2D eigenvalue weighted by Crippen LogP contribution is -2.28. The molecule has 0 saturated carbocycles. The second-order valence-corrected chi connectivity index (χ2v) is 5.88. The first kappa shape index (κ1) is 12.4. The number of benzene rings is 1. The molecule has 1 aliphatic heterocycles. The molecule has 4 heteroatoms. The van der Waals surface area contributed by atoms with Crippen LogP contribution in [0.15, 0.2) is 24.3 Å². The monoisotopic (exact) mass is 296 g/mol. The van der Waals surface area contributed by atoms with Crippen molar-refractivity contribution in [2.45, 2.75) is 11.2 Å². The van der Waals surface area contributed by atoms with Crippen molar-refractivity contribution in [2.75, 3.05) is 32.1 Å². The summed E-state index contributed by atoms with van der Waals surface area (Å²) in [7, 11) is 3.96. The maximum Gasteiger partial charge on any atom is 0.253 e. The van der Waals surface area contributed by atoms with Gasteiger partial charge in [0.05, 0.1) is 0 Å². The highest BCUT2D eigenvalue weighted by Gasteiger charge is 2.25. The lowest BCUT2D eigenvalue weighted by molar-refractivity contribution is 0.0793. The van der Waals surface area contributed by atoms with Gasteiger partial charge < -0.3 is 9.80 Å². The molecule has 3 nitrogen and oxygen atoms in total. The number of hydrogen-bond donors (Lipinski definition) is 0. The summed E-state index contributed by atoms with van der Waals surface area (Å²) in [4.78, 5) is 16.6. The summed E-state index contributed by atoms with van der Waals surface area (Å²) in [6, 6.07) is 7.78. The largest absolute Gasteiger partial charge is 0.378 e. The van der Waals surface area contributed by atoms with E-state index in [1.807, 2.05) is 48.2 Å². The molecule has 1 saturated heterocycles. The molecule has 1 aromatic carbocycles. The van der Waals surface area contributed by atoms with Gasteiger partial charge in [0, 0.05) is 43.3 Å². The van der Waals surface area contributed by atoms with Crippen molar-refractivity contribution in [3.05, 3.63) is 29.8 Å². The van der Waals surface area contributed by atoms with Gasteiger partial charge in [-0.25, -0.2) is 0 Å². The van der Waals surface area contributed by atoms with Crippen LogP contribution in [0.4, 0.5) is 5.69 Å². The molecule has 1 amide bonds. The third-order valence-corrected chi connectivity index (χ3v) is 3.77. The number of amides is 1. The summed E-state index contributed by atoms with van der Waals surface area (Å²) < 4.78 is 0. The van der Waals surface area contributed by atoms with Crippen LogP contribution in [0.2, 0.25) is 0 Å². The molecule has 2 rings (SSSR count). The SMILES string of the molecule is CN(C)c1cccc(C(=O)N2CCC(Br)C2)c1. The number of hydrogen-bond acceptors (Lipinski definition) is 2. The summed E-state index contributed by atoms with van der Waals surface area (Å²) in [6.45, 7) is 1.66. The Bertz CT molecular complexity index is 420. The van der Waals surface area contributed by atoms with E-state index in [-0.39, 0.29) is 5.91 Å². The zero-order valence-corrected chi connectivity index (χ0v) is 11.8.